The third-order valence-electron chi connectivity index (χ3n) is 1.65. The second-order valence-electron chi connectivity index (χ2n) is 2.63. The molecule has 0 unspecified atom stereocenters. The van der Waals surface area contributed by atoms with Crippen LogP contribution in [0.1, 0.15) is 10.4 Å². The molecule has 1 amide bonds. The Morgan fingerprint density at radius 3 is 3.00 bits per heavy atom. The van der Waals surface area contributed by atoms with Crippen molar-refractivity contribution in [3.05, 3.63) is 35.4 Å². The molecule has 6 nitrogen and oxygen atoms in total. The van der Waals surface area contributed by atoms with Crippen LogP contribution in [0, 0.1) is 0 Å². The van der Waals surface area contributed by atoms with Gasteiger partial charge >= 0.3 is 0 Å². The average molecular weight is 224 g/mol. The van der Waals surface area contributed by atoms with Crippen LogP contribution in [-0.4, -0.2) is 26.1 Å². The highest BCUT2D eigenvalue weighted by Gasteiger charge is 2.11. The number of carbonyl (C=O) groups is 1. The third-order valence-corrected chi connectivity index (χ3v) is 1.95. The average Bonchev–Trinajstić information content (AvgIpc) is 2.71. The maximum Gasteiger partial charge on any atom is 0.261 e. The highest BCUT2D eigenvalue weighted by Crippen LogP contribution is 2.12. The fraction of sp³-hybridized carbons (Fsp3) is 0. The van der Waals surface area contributed by atoms with E-state index in [1.54, 1.807) is 12.1 Å². The summed E-state index contributed by atoms with van der Waals surface area (Å²) in [4.78, 5) is 19.1. The van der Waals surface area contributed by atoms with E-state index < -0.39 is 0 Å². The van der Waals surface area contributed by atoms with Gasteiger partial charge in [0.25, 0.3) is 5.91 Å². The lowest BCUT2D eigenvalue weighted by Gasteiger charge is -2.01. The van der Waals surface area contributed by atoms with Gasteiger partial charge in [-0.15, -0.1) is 0 Å². The van der Waals surface area contributed by atoms with Gasteiger partial charge in [-0.05, 0) is 12.1 Å². The monoisotopic (exact) mass is 223 g/mol. The minimum Gasteiger partial charge on any atom is -0.291 e. The molecule has 0 aliphatic heterocycles. The number of aromatic amines is 1. The minimum atomic E-state index is -0.384. The lowest BCUT2D eigenvalue weighted by atomic mass is 10.3. The summed E-state index contributed by atoms with van der Waals surface area (Å²) in [7, 11) is 0. The zero-order valence-corrected chi connectivity index (χ0v) is 8.19. The Bertz CT molecular complexity index is 470. The molecular weight excluding hydrogens is 218 g/mol. The number of pyridine rings is 1. The zero-order valence-electron chi connectivity index (χ0n) is 7.44. The Hall–Kier alpha value is -1.95. The Morgan fingerprint density at radius 1 is 1.47 bits per heavy atom. The fourth-order valence-electron chi connectivity index (χ4n) is 0.996. The van der Waals surface area contributed by atoms with Crippen molar-refractivity contribution >= 4 is 23.5 Å². The predicted octanol–water partition coefficient (Wildman–Crippen LogP) is 1.11. The second-order valence-corrected chi connectivity index (χ2v) is 2.99. The molecule has 15 heavy (non-hydrogen) atoms. The van der Waals surface area contributed by atoms with E-state index in [4.69, 9.17) is 11.6 Å². The van der Waals surface area contributed by atoms with Crippen molar-refractivity contribution < 1.29 is 4.79 Å². The van der Waals surface area contributed by atoms with E-state index in [0.29, 0.717) is 0 Å². The van der Waals surface area contributed by atoms with E-state index in [1.807, 2.05) is 0 Å². The standard InChI is InChI=1S/C8H6ClN5O/c9-6-5(2-1-3-10-6)7(15)13-8-11-4-12-14-8/h1-4H,(H2,11,12,13,14,15). The van der Waals surface area contributed by atoms with Crippen molar-refractivity contribution in [2.75, 3.05) is 5.32 Å². The third kappa shape index (κ3) is 2.10. The summed E-state index contributed by atoms with van der Waals surface area (Å²) in [6.07, 6.45) is 2.80. The first-order valence-corrected chi connectivity index (χ1v) is 4.42. The molecule has 2 heterocycles. The molecule has 0 aromatic carbocycles. The van der Waals surface area contributed by atoms with Crippen molar-refractivity contribution in [3.8, 4) is 0 Å². The number of halogens is 1. The molecular formula is C8H6ClN5O. The van der Waals surface area contributed by atoms with E-state index in [0.717, 1.165) is 0 Å². The Balaban J connectivity index is 2.19. The molecule has 0 aliphatic rings. The van der Waals surface area contributed by atoms with Crippen LogP contribution in [0.5, 0.6) is 0 Å². The number of anilines is 1. The molecule has 2 N–H and O–H groups in total. The van der Waals surface area contributed by atoms with Crippen molar-refractivity contribution in [3.63, 3.8) is 0 Å². The van der Waals surface area contributed by atoms with Gasteiger partial charge < -0.3 is 0 Å². The fourth-order valence-corrected chi connectivity index (χ4v) is 1.20. The SMILES string of the molecule is O=C(Nc1ncn[nH]1)c1cccnc1Cl. The van der Waals surface area contributed by atoms with Crippen molar-refractivity contribution in [2.45, 2.75) is 0 Å². The molecule has 0 radical (unpaired) electrons. The minimum absolute atomic E-state index is 0.148. The summed E-state index contributed by atoms with van der Waals surface area (Å²) in [6.45, 7) is 0. The van der Waals surface area contributed by atoms with Crippen LogP contribution in [0.2, 0.25) is 5.15 Å². The number of rotatable bonds is 2. The van der Waals surface area contributed by atoms with Crippen molar-refractivity contribution in [1.82, 2.24) is 20.2 Å². The molecule has 0 saturated heterocycles. The number of aromatic nitrogens is 4. The van der Waals surface area contributed by atoms with E-state index in [-0.39, 0.29) is 22.6 Å². The molecule has 2 aromatic heterocycles. The molecule has 0 bridgehead atoms. The summed E-state index contributed by atoms with van der Waals surface area (Å²) in [5, 5.41) is 8.73. The van der Waals surface area contributed by atoms with Crippen molar-refractivity contribution in [2.24, 2.45) is 0 Å². The molecule has 2 rings (SSSR count). The Labute approximate surface area is 89.7 Å². The first kappa shape index (κ1) is 9.60. The van der Waals surface area contributed by atoms with Gasteiger partial charge in [-0.25, -0.2) is 10.1 Å². The number of nitrogens with one attached hydrogen (secondary N) is 2. The molecule has 0 fully saturated rings. The quantitative estimate of drug-likeness (QED) is 0.747. The van der Waals surface area contributed by atoms with Crippen LogP contribution in [0.15, 0.2) is 24.7 Å². The van der Waals surface area contributed by atoms with Gasteiger partial charge in [0.05, 0.1) is 5.56 Å². The van der Waals surface area contributed by atoms with E-state index in [2.05, 4.69) is 25.5 Å². The molecule has 0 saturated carbocycles. The largest absolute Gasteiger partial charge is 0.291 e. The van der Waals surface area contributed by atoms with Gasteiger partial charge in [0, 0.05) is 6.20 Å². The summed E-state index contributed by atoms with van der Waals surface area (Å²) >= 11 is 5.74. The summed E-state index contributed by atoms with van der Waals surface area (Å²) in [5.41, 5.74) is 0.288. The summed E-state index contributed by atoms with van der Waals surface area (Å²) < 4.78 is 0. The van der Waals surface area contributed by atoms with Crippen LogP contribution < -0.4 is 5.32 Å². The lowest BCUT2D eigenvalue weighted by Crippen LogP contribution is -2.13. The normalized spacial score (nSPS) is 9.93. The Kier molecular flexibility index (Phi) is 2.59. The number of hydrogen-bond acceptors (Lipinski definition) is 4. The zero-order chi connectivity index (χ0) is 10.7. The Morgan fingerprint density at radius 2 is 2.33 bits per heavy atom. The van der Waals surface area contributed by atoms with Crippen LogP contribution in [0.25, 0.3) is 0 Å². The number of nitrogens with zero attached hydrogens (tertiary/aromatic N) is 3. The van der Waals surface area contributed by atoms with Gasteiger partial charge in [-0.1, -0.05) is 11.6 Å². The summed E-state index contributed by atoms with van der Waals surface area (Å²) in [6, 6.07) is 3.20. The number of amides is 1. The molecule has 7 heteroatoms. The summed E-state index contributed by atoms with van der Waals surface area (Å²) in [5.74, 6) is -0.121. The topological polar surface area (TPSA) is 83.6 Å². The maximum atomic E-state index is 11.6. The molecule has 0 aliphatic carbocycles. The molecule has 0 atom stereocenters. The highest BCUT2D eigenvalue weighted by molar-refractivity contribution is 6.33. The second kappa shape index (κ2) is 4.05. The highest BCUT2D eigenvalue weighted by atomic mass is 35.5. The van der Waals surface area contributed by atoms with Gasteiger partial charge in [0.2, 0.25) is 5.95 Å². The van der Waals surface area contributed by atoms with Crippen LogP contribution in [-0.2, 0) is 0 Å². The smallest absolute Gasteiger partial charge is 0.261 e. The maximum absolute atomic E-state index is 11.6. The predicted molar refractivity (Wildman–Crippen MR) is 53.6 cm³/mol. The van der Waals surface area contributed by atoms with E-state index in [9.17, 15) is 4.79 Å². The van der Waals surface area contributed by atoms with Gasteiger partial charge in [-0.2, -0.15) is 10.1 Å². The van der Waals surface area contributed by atoms with Crippen LogP contribution in [0.4, 0.5) is 5.95 Å². The van der Waals surface area contributed by atoms with Crippen molar-refractivity contribution in [1.29, 1.82) is 0 Å². The molecule has 2 aromatic rings. The van der Waals surface area contributed by atoms with Gasteiger partial charge in [-0.3, -0.25) is 10.1 Å². The van der Waals surface area contributed by atoms with Crippen LogP contribution >= 0.6 is 11.6 Å². The number of H-pyrrole nitrogens is 1. The van der Waals surface area contributed by atoms with E-state index >= 15 is 0 Å². The lowest BCUT2D eigenvalue weighted by molar-refractivity contribution is 0.102. The molecule has 76 valence electrons. The molecule has 0 spiro atoms. The van der Waals surface area contributed by atoms with Gasteiger partial charge in [0.15, 0.2) is 0 Å². The van der Waals surface area contributed by atoms with E-state index in [1.165, 1.54) is 12.5 Å². The first-order chi connectivity index (χ1) is 7.27. The van der Waals surface area contributed by atoms with Crippen LogP contribution in [0.3, 0.4) is 0 Å². The van der Waals surface area contributed by atoms with Gasteiger partial charge in [0.1, 0.15) is 11.5 Å². The number of carbonyl (C=O) groups excluding carboxylic acids is 1. The first-order valence-electron chi connectivity index (χ1n) is 4.04. The number of hydrogen-bond donors (Lipinski definition) is 2.